The standard InChI is InChI=1S/C19H22N2O/c1-21-18(16-11-3-2-4-12-16)17-13-6-5-9-15(17)10-7-8-14-20-19(21)22/h2-6,9,11-13,18H,7-8,10,14H2,1H3,(H,20,22). The average molecular weight is 294 g/mol. The highest BCUT2D eigenvalue weighted by molar-refractivity contribution is 5.75. The summed E-state index contributed by atoms with van der Waals surface area (Å²) in [4.78, 5) is 14.3. The Morgan fingerprint density at radius 3 is 2.55 bits per heavy atom. The van der Waals surface area contributed by atoms with Crippen molar-refractivity contribution in [3.63, 3.8) is 0 Å². The number of nitrogens with zero attached hydrogens (tertiary/aromatic N) is 1. The first kappa shape index (κ1) is 14.6. The van der Waals surface area contributed by atoms with Crippen LogP contribution < -0.4 is 5.32 Å². The number of aryl methyl sites for hydroxylation is 1. The number of carbonyl (C=O) groups is 1. The number of hydrogen-bond acceptors (Lipinski definition) is 1. The molecule has 2 aromatic carbocycles. The quantitative estimate of drug-likeness (QED) is 0.853. The molecule has 0 aliphatic carbocycles. The number of urea groups is 1. The van der Waals surface area contributed by atoms with Gasteiger partial charge in [-0.25, -0.2) is 4.79 Å². The Kier molecular flexibility index (Phi) is 4.42. The predicted molar refractivity (Wildman–Crippen MR) is 88.8 cm³/mol. The summed E-state index contributed by atoms with van der Waals surface area (Å²) in [5, 5.41) is 3.02. The van der Waals surface area contributed by atoms with E-state index in [-0.39, 0.29) is 12.1 Å². The molecule has 1 heterocycles. The van der Waals surface area contributed by atoms with Crippen LogP contribution in [0, 0.1) is 0 Å². The molecule has 1 aliphatic heterocycles. The number of fused-ring (bicyclic) bond motifs is 1. The van der Waals surface area contributed by atoms with Crippen molar-refractivity contribution in [2.24, 2.45) is 0 Å². The predicted octanol–water partition coefficient (Wildman–Crippen LogP) is 3.75. The number of benzene rings is 2. The Hall–Kier alpha value is -2.29. The SMILES string of the molecule is CN1C(=O)NCCCCc2ccccc2C1c1ccccc1. The van der Waals surface area contributed by atoms with E-state index in [0.29, 0.717) is 0 Å². The molecule has 1 aliphatic rings. The van der Waals surface area contributed by atoms with E-state index in [2.05, 4.69) is 41.7 Å². The molecule has 0 spiro atoms. The van der Waals surface area contributed by atoms with E-state index < -0.39 is 0 Å². The van der Waals surface area contributed by atoms with Gasteiger partial charge in [-0.15, -0.1) is 0 Å². The van der Waals surface area contributed by atoms with Crippen LogP contribution in [0.2, 0.25) is 0 Å². The second-order valence-corrected chi connectivity index (χ2v) is 5.81. The maximum absolute atomic E-state index is 12.4. The second kappa shape index (κ2) is 6.65. The van der Waals surface area contributed by atoms with E-state index in [4.69, 9.17) is 0 Å². The fraction of sp³-hybridized carbons (Fsp3) is 0.316. The zero-order chi connectivity index (χ0) is 15.4. The molecule has 0 saturated carbocycles. The lowest BCUT2D eigenvalue weighted by atomic mass is 9.91. The molecule has 0 bridgehead atoms. The molecule has 3 nitrogen and oxygen atoms in total. The molecule has 3 rings (SSSR count). The van der Waals surface area contributed by atoms with E-state index in [1.807, 2.05) is 30.1 Å². The van der Waals surface area contributed by atoms with Gasteiger partial charge in [0.2, 0.25) is 0 Å². The molecule has 114 valence electrons. The summed E-state index contributed by atoms with van der Waals surface area (Å²) in [6, 6.07) is 18.7. The van der Waals surface area contributed by atoms with Crippen LogP contribution in [0.15, 0.2) is 54.6 Å². The highest BCUT2D eigenvalue weighted by Crippen LogP contribution is 2.31. The van der Waals surface area contributed by atoms with Crippen molar-refractivity contribution in [1.82, 2.24) is 10.2 Å². The van der Waals surface area contributed by atoms with Crippen molar-refractivity contribution in [3.8, 4) is 0 Å². The molecule has 1 atom stereocenters. The van der Waals surface area contributed by atoms with Gasteiger partial charge < -0.3 is 10.2 Å². The Bertz CT molecular complexity index is 639. The average Bonchev–Trinajstić information content (AvgIpc) is 2.56. The van der Waals surface area contributed by atoms with Gasteiger partial charge in [-0.1, -0.05) is 54.6 Å². The van der Waals surface area contributed by atoms with Crippen LogP contribution in [-0.2, 0) is 6.42 Å². The van der Waals surface area contributed by atoms with E-state index >= 15 is 0 Å². The number of carbonyl (C=O) groups excluding carboxylic acids is 1. The molecule has 0 saturated heterocycles. The largest absolute Gasteiger partial charge is 0.338 e. The molecule has 0 radical (unpaired) electrons. The Morgan fingerprint density at radius 1 is 1.00 bits per heavy atom. The van der Waals surface area contributed by atoms with Crippen molar-refractivity contribution in [2.45, 2.75) is 25.3 Å². The third kappa shape index (κ3) is 2.98. The first-order chi connectivity index (χ1) is 10.8. The van der Waals surface area contributed by atoms with Gasteiger partial charge in [0.15, 0.2) is 0 Å². The maximum atomic E-state index is 12.4. The lowest BCUT2D eigenvalue weighted by Gasteiger charge is -2.31. The maximum Gasteiger partial charge on any atom is 0.317 e. The van der Waals surface area contributed by atoms with Crippen LogP contribution in [0.4, 0.5) is 4.79 Å². The lowest BCUT2D eigenvalue weighted by molar-refractivity contribution is 0.197. The van der Waals surface area contributed by atoms with E-state index in [1.54, 1.807) is 0 Å². The molecular weight excluding hydrogens is 272 g/mol. The molecule has 2 amide bonds. The van der Waals surface area contributed by atoms with Gasteiger partial charge >= 0.3 is 6.03 Å². The molecule has 1 N–H and O–H groups in total. The van der Waals surface area contributed by atoms with E-state index in [0.717, 1.165) is 31.4 Å². The summed E-state index contributed by atoms with van der Waals surface area (Å²) in [7, 11) is 1.88. The fourth-order valence-corrected chi connectivity index (χ4v) is 3.15. The van der Waals surface area contributed by atoms with E-state index in [9.17, 15) is 4.79 Å². The van der Waals surface area contributed by atoms with Gasteiger partial charge in [0, 0.05) is 13.6 Å². The molecular formula is C19H22N2O. The number of nitrogens with one attached hydrogen (secondary N) is 1. The Morgan fingerprint density at radius 2 is 1.73 bits per heavy atom. The Labute approximate surface area is 132 Å². The topological polar surface area (TPSA) is 32.3 Å². The van der Waals surface area contributed by atoms with Gasteiger partial charge in [-0.05, 0) is 36.0 Å². The van der Waals surface area contributed by atoms with Crippen molar-refractivity contribution < 1.29 is 4.79 Å². The summed E-state index contributed by atoms with van der Waals surface area (Å²) < 4.78 is 0. The highest BCUT2D eigenvalue weighted by Gasteiger charge is 2.25. The first-order valence-electron chi connectivity index (χ1n) is 7.91. The first-order valence-corrected chi connectivity index (χ1v) is 7.91. The van der Waals surface area contributed by atoms with Crippen LogP contribution in [0.5, 0.6) is 0 Å². The molecule has 0 fully saturated rings. The van der Waals surface area contributed by atoms with Crippen LogP contribution in [0.25, 0.3) is 0 Å². The van der Waals surface area contributed by atoms with E-state index in [1.165, 1.54) is 11.1 Å². The zero-order valence-electron chi connectivity index (χ0n) is 13.0. The molecule has 22 heavy (non-hydrogen) atoms. The van der Waals surface area contributed by atoms with Crippen molar-refractivity contribution in [3.05, 3.63) is 71.3 Å². The molecule has 1 unspecified atom stereocenters. The summed E-state index contributed by atoms with van der Waals surface area (Å²) in [6.45, 7) is 0.743. The number of hydrogen-bond donors (Lipinski definition) is 1. The van der Waals surface area contributed by atoms with Crippen molar-refractivity contribution in [1.29, 1.82) is 0 Å². The number of amides is 2. The second-order valence-electron chi connectivity index (χ2n) is 5.81. The van der Waals surface area contributed by atoms with Gasteiger partial charge in [0.25, 0.3) is 0 Å². The van der Waals surface area contributed by atoms with Crippen LogP contribution in [-0.4, -0.2) is 24.5 Å². The van der Waals surface area contributed by atoms with Crippen LogP contribution in [0.1, 0.15) is 35.6 Å². The fourth-order valence-electron chi connectivity index (χ4n) is 3.15. The van der Waals surface area contributed by atoms with Gasteiger partial charge in [-0.3, -0.25) is 0 Å². The van der Waals surface area contributed by atoms with Crippen molar-refractivity contribution >= 4 is 6.03 Å². The molecule has 0 aromatic heterocycles. The third-order valence-electron chi connectivity index (χ3n) is 4.32. The van der Waals surface area contributed by atoms with Gasteiger partial charge in [0.05, 0.1) is 6.04 Å². The minimum Gasteiger partial charge on any atom is -0.338 e. The summed E-state index contributed by atoms with van der Waals surface area (Å²) in [6.07, 6.45) is 3.18. The van der Waals surface area contributed by atoms with Gasteiger partial charge in [0.1, 0.15) is 0 Å². The smallest absolute Gasteiger partial charge is 0.317 e. The Balaban J connectivity index is 2.10. The normalized spacial score (nSPS) is 19.2. The minimum atomic E-state index is -0.0458. The van der Waals surface area contributed by atoms with Crippen molar-refractivity contribution in [2.75, 3.05) is 13.6 Å². The summed E-state index contributed by atoms with van der Waals surface area (Å²) in [5.74, 6) is 0. The zero-order valence-corrected chi connectivity index (χ0v) is 13.0. The summed E-state index contributed by atoms with van der Waals surface area (Å²) in [5.41, 5.74) is 3.72. The minimum absolute atomic E-state index is 0.00874. The molecule has 2 aromatic rings. The monoisotopic (exact) mass is 294 g/mol. The molecule has 3 heteroatoms. The summed E-state index contributed by atoms with van der Waals surface area (Å²) >= 11 is 0. The van der Waals surface area contributed by atoms with Crippen LogP contribution in [0.3, 0.4) is 0 Å². The van der Waals surface area contributed by atoms with Crippen LogP contribution >= 0.6 is 0 Å². The number of rotatable bonds is 1. The highest BCUT2D eigenvalue weighted by atomic mass is 16.2. The lowest BCUT2D eigenvalue weighted by Crippen LogP contribution is -2.41. The third-order valence-corrected chi connectivity index (χ3v) is 4.32. The van der Waals surface area contributed by atoms with Gasteiger partial charge in [-0.2, -0.15) is 0 Å².